The largest absolute Gasteiger partial charge is 0.486 e. The van der Waals surface area contributed by atoms with Crippen molar-refractivity contribution in [3.8, 4) is 11.5 Å². The Morgan fingerprint density at radius 3 is 3.21 bits per heavy atom. The number of hydrogen-bond acceptors (Lipinski definition) is 3. The van der Waals surface area contributed by atoms with Gasteiger partial charge in [-0.05, 0) is 12.1 Å². The lowest BCUT2D eigenvalue weighted by Gasteiger charge is -2.25. The molecule has 0 N–H and O–H groups in total. The minimum atomic E-state index is -0.400. The molecular formula is C10H11FO3. The van der Waals surface area contributed by atoms with Crippen LogP contribution in [0.2, 0.25) is 0 Å². The van der Waals surface area contributed by atoms with Crippen LogP contribution < -0.4 is 9.47 Å². The molecule has 3 nitrogen and oxygen atoms in total. The van der Waals surface area contributed by atoms with E-state index >= 15 is 0 Å². The van der Waals surface area contributed by atoms with Crippen LogP contribution in [0.3, 0.4) is 0 Å². The molecule has 0 aromatic heterocycles. The summed E-state index contributed by atoms with van der Waals surface area (Å²) >= 11 is 0. The zero-order chi connectivity index (χ0) is 9.97. The topological polar surface area (TPSA) is 27.7 Å². The van der Waals surface area contributed by atoms with Crippen LogP contribution in [0.25, 0.3) is 0 Å². The molecule has 1 aliphatic rings. The second-order valence-electron chi connectivity index (χ2n) is 3.07. The molecule has 1 atom stereocenters. The van der Waals surface area contributed by atoms with Crippen LogP contribution in [0.4, 0.5) is 4.39 Å². The molecule has 0 unspecified atom stereocenters. The van der Waals surface area contributed by atoms with Gasteiger partial charge in [-0.3, -0.25) is 0 Å². The highest BCUT2D eigenvalue weighted by Crippen LogP contribution is 2.33. The van der Waals surface area contributed by atoms with E-state index in [0.717, 1.165) is 0 Å². The Labute approximate surface area is 81.4 Å². The van der Waals surface area contributed by atoms with Crippen molar-refractivity contribution in [1.82, 2.24) is 0 Å². The van der Waals surface area contributed by atoms with Crippen LogP contribution in [0.5, 0.6) is 11.5 Å². The average molecular weight is 198 g/mol. The van der Waals surface area contributed by atoms with E-state index in [0.29, 0.717) is 19.0 Å². The van der Waals surface area contributed by atoms with Gasteiger partial charge in [0.2, 0.25) is 0 Å². The number of hydrogen-bond donors (Lipinski definition) is 0. The molecule has 1 aromatic rings. The molecule has 76 valence electrons. The Morgan fingerprint density at radius 2 is 2.43 bits per heavy atom. The lowest BCUT2D eigenvalue weighted by molar-refractivity contribution is 0.0241. The van der Waals surface area contributed by atoms with Crippen molar-refractivity contribution in [3.05, 3.63) is 24.0 Å². The molecule has 4 heteroatoms. The fourth-order valence-corrected chi connectivity index (χ4v) is 1.37. The third-order valence-electron chi connectivity index (χ3n) is 1.99. The van der Waals surface area contributed by atoms with Gasteiger partial charge < -0.3 is 14.2 Å². The highest BCUT2D eigenvalue weighted by Gasteiger charge is 2.23. The SMILES string of the molecule is COC[C@H]1COc2cccc(F)c2O1. The predicted octanol–water partition coefficient (Wildman–Crippen LogP) is 1.61. The minimum Gasteiger partial charge on any atom is -0.486 e. The molecule has 2 rings (SSSR count). The fraction of sp³-hybridized carbons (Fsp3) is 0.400. The minimum absolute atomic E-state index is 0.181. The maximum absolute atomic E-state index is 13.2. The maximum Gasteiger partial charge on any atom is 0.197 e. The first-order valence-electron chi connectivity index (χ1n) is 4.38. The van der Waals surface area contributed by atoms with Gasteiger partial charge in [0.05, 0.1) is 6.61 Å². The molecule has 1 aromatic carbocycles. The van der Waals surface area contributed by atoms with Gasteiger partial charge in [-0.1, -0.05) is 6.07 Å². The number of para-hydroxylation sites is 1. The van der Waals surface area contributed by atoms with Crippen molar-refractivity contribution in [2.75, 3.05) is 20.3 Å². The van der Waals surface area contributed by atoms with Crippen molar-refractivity contribution in [2.24, 2.45) is 0 Å². The Kier molecular flexibility index (Phi) is 2.54. The predicted molar refractivity (Wildman–Crippen MR) is 48.2 cm³/mol. The molecule has 1 aliphatic heterocycles. The van der Waals surface area contributed by atoms with Crippen LogP contribution in [-0.4, -0.2) is 26.4 Å². The number of fused-ring (bicyclic) bond motifs is 1. The van der Waals surface area contributed by atoms with Crippen molar-refractivity contribution in [3.63, 3.8) is 0 Å². The Hall–Kier alpha value is -1.29. The Bertz CT molecular complexity index is 327. The van der Waals surface area contributed by atoms with E-state index in [2.05, 4.69) is 0 Å². The summed E-state index contributed by atoms with van der Waals surface area (Å²) < 4.78 is 28.9. The highest BCUT2D eigenvalue weighted by molar-refractivity contribution is 5.42. The second kappa shape index (κ2) is 3.84. The normalized spacial score (nSPS) is 19.4. The molecular weight excluding hydrogens is 187 g/mol. The van der Waals surface area contributed by atoms with E-state index in [4.69, 9.17) is 14.2 Å². The molecule has 0 bridgehead atoms. The number of methoxy groups -OCH3 is 1. The molecule has 0 fully saturated rings. The standard InChI is InChI=1S/C10H11FO3/c1-12-5-7-6-13-9-4-2-3-8(11)10(9)14-7/h2-4,7H,5-6H2,1H3/t7-/m0/s1. The first-order chi connectivity index (χ1) is 6.81. The van der Waals surface area contributed by atoms with Crippen LogP contribution in [0.15, 0.2) is 18.2 Å². The van der Waals surface area contributed by atoms with Crippen LogP contribution in [0.1, 0.15) is 0 Å². The van der Waals surface area contributed by atoms with E-state index in [-0.39, 0.29) is 11.9 Å². The quantitative estimate of drug-likeness (QED) is 0.722. The molecule has 0 spiro atoms. The Morgan fingerprint density at radius 1 is 1.57 bits per heavy atom. The van der Waals surface area contributed by atoms with Gasteiger partial charge in [-0.2, -0.15) is 0 Å². The summed E-state index contributed by atoms with van der Waals surface area (Å²) in [7, 11) is 1.57. The van der Waals surface area contributed by atoms with Crippen molar-refractivity contribution in [1.29, 1.82) is 0 Å². The summed E-state index contributed by atoms with van der Waals surface area (Å²) in [6.45, 7) is 0.790. The van der Waals surface area contributed by atoms with Gasteiger partial charge in [0.1, 0.15) is 6.61 Å². The molecule has 0 radical (unpaired) electrons. The third kappa shape index (κ3) is 1.65. The summed E-state index contributed by atoms with van der Waals surface area (Å²) in [5.74, 6) is 0.237. The zero-order valence-electron chi connectivity index (χ0n) is 7.83. The van der Waals surface area contributed by atoms with E-state index in [9.17, 15) is 4.39 Å². The van der Waals surface area contributed by atoms with E-state index < -0.39 is 5.82 Å². The van der Waals surface area contributed by atoms with Gasteiger partial charge in [-0.25, -0.2) is 4.39 Å². The molecule has 14 heavy (non-hydrogen) atoms. The van der Waals surface area contributed by atoms with Gasteiger partial charge in [0.15, 0.2) is 23.4 Å². The van der Waals surface area contributed by atoms with Crippen LogP contribution >= 0.6 is 0 Å². The highest BCUT2D eigenvalue weighted by atomic mass is 19.1. The Balaban J connectivity index is 2.20. The first-order valence-corrected chi connectivity index (χ1v) is 4.38. The van der Waals surface area contributed by atoms with Gasteiger partial charge >= 0.3 is 0 Å². The summed E-state index contributed by atoms with van der Waals surface area (Å²) in [6.07, 6.45) is -0.232. The monoisotopic (exact) mass is 198 g/mol. The lowest BCUT2D eigenvalue weighted by Crippen LogP contribution is -2.33. The molecule has 0 aliphatic carbocycles. The molecule has 1 heterocycles. The summed E-state index contributed by atoms with van der Waals surface area (Å²) in [6, 6.07) is 4.62. The smallest absolute Gasteiger partial charge is 0.197 e. The van der Waals surface area contributed by atoms with Crippen LogP contribution in [-0.2, 0) is 4.74 Å². The summed E-state index contributed by atoms with van der Waals surface area (Å²) in [5.41, 5.74) is 0. The van der Waals surface area contributed by atoms with E-state index in [1.165, 1.54) is 6.07 Å². The van der Waals surface area contributed by atoms with E-state index in [1.54, 1.807) is 19.2 Å². The maximum atomic E-state index is 13.2. The second-order valence-corrected chi connectivity index (χ2v) is 3.07. The van der Waals surface area contributed by atoms with Crippen molar-refractivity contribution < 1.29 is 18.6 Å². The number of ether oxygens (including phenoxy) is 3. The molecule has 0 amide bonds. The summed E-state index contributed by atoms with van der Waals surface area (Å²) in [5, 5.41) is 0. The van der Waals surface area contributed by atoms with Gasteiger partial charge in [-0.15, -0.1) is 0 Å². The number of rotatable bonds is 2. The van der Waals surface area contributed by atoms with Crippen molar-refractivity contribution >= 4 is 0 Å². The van der Waals surface area contributed by atoms with E-state index in [1.807, 2.05) is 0 Å². The molecule has 0 saturated heterocycles. The fourth-order valence-electron chi connectivity index (χ4n) is 1.37. The number of halogens is 1. The van der Waals surface area contributed by atoms with Crippen LogP contribution in [0, 0.1) is 5.82 Å². The third-order valence-corrected chi connectivity index (χ3v) is 1.99. The summed E-state index contributed by atoms with van der Waals surface area (Å²) in [4.78, 5) is 0. The molecule has 0 saturated carbocycles. The van der Waals surface area contributed by atoms with Gasteiger partial charge in [0.25, 0.3) is 0 Å². The lowest BCUT2D eigenvalue weighted by atomic mass is 10.2. The first kappa shape index (κ1) is 9.27. The number of benzene rings is 1. The average Bonchev–Trinajstić information content (AvgIpc) is 2.20. The van der Waals surface area contributed by atoms with Crippen molar-refractivity contribution in [2.45, 2.75) is 6.10 Å². The zero-order valence-corrected chi connectivity index (χ0v) is 7.83. The van der Waals surface area contributed by atoms with Gasteiger partial charge in [0, 0.05) is 7.11 Å².